The van der Waals surface area contributed by atoms with Crippen molar-refractivity contribution in [3.63, 3.8) is 0 Å². The summed E-state index contributed by atoms with van der Waals surface area (Å²) in [5.41, 5.74) is 8.08. The molecule has 3 heterocycles. The molecule has 3 aromatic rings. The smallest absolute Gasteiger partial charge is 0.231 e. The van der Waals surface area contributed by atoms with Gasteiger partial charge in [-0.2, -0.15) is 0 Å². The molecule has 156 valence electrons. The summed E-state index contributed by atoms with van der Waals surface area (Å²) in [5.74, 6) is 0.781. The van der Waals surface area contributed by atoms with Crippen molar-refractivity contribution in [2.75, 3.05) is 20.0 Å². The monoisotopic (exact) mass is 408 g/mol. The number of nitrogens with two attached hydrogens (primary N) is 1. The maximum Gasteiger partial charge on any atom is 0.231 e. The Balaban J connectivity index is 1.89. The van der Waals surface area contributed by atoms with Gasteiger partial charge in [0.1, 0.15) is 11.4 Å². The molecule has 0 amide bonds. The van der Waals surface area contributed by atoms with Gasteiger partial charge < -0.3 is 30.0 Å². The van der Waals surface area contributed by atoms with Gasteiger partial charge in [-0.15, -0.1) is 0 Å². The van der Waals surface area contributed by atoms with E-state index in [1.165, 1.54) is 7.11 Å². The Morgan fingerprint density at radius 3 is 2.70 bits per heavy atom. The Kier molecular flexibility index (Phi) is 4.10. The third kappa shape index (κ3) is 2.36. The van der Waals surface area contributed by atoms with E-state index in [2.05, 4.69) is 4.98 Å². The zero-order valence-corrected chi connectivity index (χ0v) is 17.1. The molecule has 0 spiro atoms. The summed E-state index contributed by atoms with van der Waals surface area (Å²) in [7, 11) is 3.04. The highest BCUT2D eigenvalue weighted by molar-refractivity contribution is 5.86. The van der Waals surface area contributed by atoms with E-state index in [0.717, 1.165) is 0 Å². The molecule has 2 aliphatic heterocycles. The molecule has 5 rings (SSSR count). The average Bonchev–Trinajstić information content (AvgIpc) is 3.19. The van der Waals surface area contributed by atoms with Gasteiger partial charge in [0.25, 0.3) is 0 Å². The van der Waals surface area contributed by atoms with Gasteiger partial charge >= 0.3 is 0 Å². The lowest BCUT2D eigenvalue weighted by atomic mass is 9.77. The molecule has 2 bridgehead atoms. The minimum atomic E-state index is -1.50. The molecule has 0 unspecified atom stereocenters. The van der Waals surface area contributed by atoms with Gasteiger partial charge in [0.15, 0.2) is 5.75 Å². The van der Waals surface area contributed by atoms with Crippen molar-refractivity contribution in [3.05, 3.63) is 62.9 Å². The fraction of sp³-hybridized carbons (Fsp3) is 0.348. The molecule has 0 aliphatic carbocycles. The highest BCUT2D eigenvalue weighted by Crippen LogP contribution is 2.55. The molecule has 2 aliphatic rings. The number of fused-ring (bicyclic) bond motifs is 6. The van der Waals surface area contributed by atoms with E-state index in [4.69, 9.17) is 19.9 Å². The largest absolute Gasteiger partial charge is 0.496 e. The van der Waals surface area contributed by atoms with E-state index in [1.807, 2.05) is 12.1 Å². The maximum atomic E-state index is 13.3. The molecule has 7 nitrogen and oxygen atoms in total. The summed E-state index contributed by atoms with van der Waals surface area (Å²) in [6.07, 6.45) is 0.624. The number of benzene rings is 2. The first kappa shape index (κ1) is 19.0. The lowest BCUT2D eigenvalue weighted by molar-refractivity contribution is -0.102. The molecule has 2 aromatic carbocycles. The van der Waals surface area contributed by atoms with Crippen LogP contribution in [0.15, 0.2) is 35.1 Å². The van der Waals surface area contributed by atoms with Crippen LogP contribution in [0.4, 0.5) is 5.69 Å². The van der Waals surface area contributed by atoms with Gasteiger partial charge in [-0.05, 0) is 49.6 Å². The number of methoxy groups -OCH3 is 2. The number of nitrogens with one attached hydrogen (secondary N) is 1. The van der Waals surface area contributed by atoms with Gasteiger partial charge in [0, 0.05) is 16.8 Å². The lowest BCUT2D eigenvalue weighted by Crippen LogP contribution is -2.44. The molecular weight excluding hydrogens is 384 g/mol. The van der Waals surface area contributed by atoms with Crippen molar-refractivity contribution in [1.29, 1.82) is 0 Å². The molecule has 0 radical (unpaired) electrons. The van der Waals surface area contributed by atoms with Crippen LogP contribution in [0, 0.1) is 6.92 Å². The molecule has 0 saturated carbocycles. The minimum Gasteiger partial charge on any atom is -0.496 e. The van der Waals surface area contributed by atoms with Crippen molar-refractivity contribution < 1.29 is 19.3 Å². The minimum absolute atomic E-state index is 0.212. The molecule has 1 aromatic heterocycles. The Morgan fingerprint density at radius 2 is 1.97 bits per heavy atom. The second-order valence-corrected chi connectivity index (χ2v) is 7.98. The Morgan fingerprint density at radius 1 is 1.17 bits per heavy atom. The first-order chi connectivity index (χ1) is 14.4. The van der Waals surface area contributed by atoms with E-state index in [1.54, 1.807) is 32.2 Å². The van der Waals surface area contributed by atoms with Gasteiger partial charge in [0.05, 0.1) is 43.0 Å². The van der Waals surface area contributed by atoms with Crippen molar-refractivity contribution >= 4 is 16.6 Å². The fourth-order valence-corrected chi connectivity index (χ4v) is 5.10. The predicted octanol–water partition coefficient (Wildman–Crippen LogP) is 2.91. The molecule has 4 N–H and O–H groups in total. The summed E-state index contributed by atoms with van der Waals surface area (Å²) >= 11 is 0. The first-order valence-corrected chi connectivity index (χ1v) is 9.96. The van der Waals surface area contributed by atoms with Crippen molar-refractivity contribution in [3.8, 4) is 11.5 Å². The van der Waals surface area contributed by atoms with E-state index in [-0.39, 0.29) is 17.3 Å². The Hall–Kier alpha value is -3.03. The number of nitrogen functional groups attached to an aromatic ring is 1. The molecule has 3 atom stereocenters. The average molecular weight is 408 g/mol. The van der Waals surface area contributed by atoms with E-state index < -0.39 is 11.7 Å². The molecule has 1 saturated heterocycles. The quantitative estimate of drug-likeness (QED) is 0.576. The molecule has 7 heteroatoms. The van der Waals surface area contributed by atoms with E-state index in [0.29, 0.717) is 57.6 Å². The molecule has 30 heavy (non-hydrogen) atoms. The second-order valence-electron chi connectivity index (χ2n) is 7.98. The number of anilines is 1. The number of aromatic amines is 1. The Labute approximate surface area is 173 Å². The summed E-state index contributed by atoms with van der Waals surface area (Å²) < 4.78 is 17.2. The number of hydrogen-bond acceptors (Lipinski definition) is 6. The predicted molar refractivity (Wildman–Crippen MR) is 113 cm³/mol. The summed E-state index contributed by atoms with van der Waals surface area (Å²) in [5, 5.41) is 12.6. The van der Waals surface area contributed by atoms with Crippen molar-refractivity contribution in [1.82, 2.24) is 4.98 Å². The number of aromatic nitrogens is 1. The summed E-state index contributed by atoms with van der Waals surface area (Å²) in [6, 6.07) is 8.89. The van der Waals surface area contributed by atoms with E-state index >= 15 is 0 Å². The number of H-pyrrole nitrogens is 1. The topological polar surface area (TPSA) is 107 Å². The highest BCUT2D eigenvalue weighted by atomic mass is 16.5. The van der Waals surface area contributed by atoms with Crippen LogP contribution in [0.2, 0.25) is 0 Å². The maximum absolute atomic E-state index is 13.3. The van der Waals surface area contributed by atoms with Crippen LogP contribution in [-0.4, -0.2) is 30.4 Å². The summed E-state index contributed by atoms with van der Waals surface area (Å²) in [6.45, 7) is 1.80. The third-order valence-corrected chi connectivity index (χ3v) is 6.40. The van der Waals surface area contributed by atoms with E-state index in [9.17, 15) is 9.90 Å². The lowest BCUT2D eigenvalue weighted by Gasteiger charge is -2.41. The van der Waals surface area contributed by atoms with Crippen LogP contribution >= 0.6 is 0 Å². The molecule has 1 fully saturated rings. The number of aryl methyl sites for hydroxylation is 1. The first-order valence-electron chi connectivity index (χ1n) is 9.96. The molecular formula is C23H24N2O5. The fourth-order valence-electron chi connectivity index (χ4n) is 5.10. The standard InChI is InChI=1S/C23H24N2O5/c1-11-22(29-3)21(26)20-15(25-11)6-5-13-19(20)17-8-9-18(30-17)23(13,27)14-10-12(24)4-7-16(14)28-2/h4-7,10,17-18,27H,8-9,24H2,1-3H3,(H,25,26)/t17-,18+,23-/m0/s1. The van der Waals surface area contributed by atoms with Crippen LogP contribution in [0.1, 0.15) is 41.3 Å². The number of hydrogen-bond donors (Lipinski definition) is 3. The van der Waals surface area contributed by atoms with Gasteiger partial charge in [-0.25, -0.2) is 0 Å². The van der Waals surface area contributed by atoms with Crippen LogP contribution in [-0.2, 0) is 10.3 Å². The number of pyridine rings is 1. The van der Waals surface area contributed by atoms with Gasteiger partial charge in [-0.3, -0.25) is 4.79 Å². The zero-order valence-electron chi connectivity index (χ0n) is 17.1. The van der Waals surface area contributed by atoms with Gasteiger partial charge in [-0.1, -0.05) is 6.07 Å². The van der Waals surface area contributed by atoms with Crippen LogP contribution in [0.25, 0.3) is 10.9 Å². The number of rotatable bonds is 3. The SMILES string of the molecule is COc1ccc(N)cc1[C@@]1(O)c2ccc3[nH]c(C)c(OC)c(=O)c3c2[C@@H]2CC[C@H]1O2. The number of aliphatic hydroxyl groups is 1. The van der Waals surface area contributed by atoms with Gasteiger partial charge in [0.2, 0.25) is 5.43 Å². The van der Waals surface area contributed by atoms with Crippen LogP contribution in [0.5, 0.6) is 11.5 Å². The van der Waals surface area contributed by atoms with Crippen molar-refractivity contribution in [2.24, 2.45) is 0 Å². The normalized spacial score (nSPS) is 24.7. The van der Waals surface area contributed by atoms with Crippen LogP contribution < -0.4 is 20.6 Å². The number of ether oxygens (including phenoxy) is 3. The van der Waals surface area contributed by atoms with Crippen molar-refractivity contribution in [2.45, 2.75) is 37.6 Å². The summed E-state index contributed by atoms with van der Waals surface area (Å²) in [4.78, 5) is 16.6. The Bertz CT molecular complexity index is 1230. The highest BCUT2D eigenvalue weighted by Gasteiger charge is 2.53. The second kappa shape index (κ2) is 6.48. The third-order valence-electron chi connectivity index (χ3n) is 6.40. The zero-order chi connectivity index (χ0) is 21.2. The van der Waals surface area contributed by atoms with Crippen LogP contribution in [0.3, 0.4) is 0 Å².